The molecule has 0 saturated heterocycles. The minimum atomic E-state index is -0.213. The number of fused-ring (bicyclic) bond motifs is 1. The summed E-state index contributed by atoms with van der Waals surface area (Å²) in [5, 5.41) is 5.10. The highest BCUT2D eigenvalue weighted by molar-refractivity contribution is 5.81. The first kappa shape index (κ1) is 20.5. The number of rotatable bonds is 6. The highest BCUT2D eigenvalue weighted by atomic mass is 16.5. The van der Waals surface area contributed by atoms with Crippen LogP contribution in [0.25, 0.3) is 28.0 Å². The van der Waals surface area contributed by atoms with E-state index in [0.717, 1.165) is 22.7 Å². The summed E-state index contributed by atoms with van der Waals surface area (Å²) in [5.74, 6) is 1.32. The van der Waals surface area contributed by atoms with Gasteiger partial charge in [0.05, 0.1) is 29.4 Å². The Hall–Kier alpha value is -4.45. The van der Waals surface area contributed by atoms with E-state index in [0.29, 0.717) is 23.3 Å². The van der Waals surface area contributed by atoms with Crippen LogP contribution in [0.5, 0.6) is 5.75 Å². The van der Waals surface area contributed by atoms with Gasteiger partial charge in [-0.15, -0.1) is 0 Å². The lowest BCUT2D eigenvalue weighted by atomic mass is 10.2. The third-order valence-electron chi connectivity index (χ3n) is 5.30. The third kappa shape index (κ3) is 4.06. The molecule has 2 heterocycles. The second-order valence-electron chi connectivity index (χ2n) is 7.41. The quantitative estimate of drug-likeness (QED) is 0.348. The fourth-order valence-electron chi connectivity index (χ4n) is 3.73. The molecule has 0 radical (unpaired) electrons. The van der Waals surface area contributed by atoms with Crippen molar-refractivity contribution in [2.45, 2.75) is 6.92 Å². The molecule has 162 valence electrons. The van der Waals surface area contributed by atoms with Gasteiger partial charge in [0.25, 0.3) is 5.56 Å². The monoisotopic (exact) mass is 434 g/mol. The summed E-state index contributed by atoms with van der Waals surface area (Å²) in [6, 6.07) is 28.7. The number of para-hydroxylation sites is 1. The molecule has 0 N–H and O–H groups in total. The van der Waals surface area contributed by atoms with E-state index in [1.54, 1.807) is 12.3 Å². The fourth-order valence-corrected chi connectivity index (χ4v) is 3.73. The van der Waals surface area contributed by atoms with E-state index in [1.807, 2.05) is 103 Å². The number of hydrogen-bond donors (Lipinski definition) is 0. The summed E-state index contributed by atoms with van der Waals surface area (Å²) >= 11 is 0. The Morgan fingerprint density at radius 2 is 1.67 bits per heavy atom. The second kappa shape index (κ2) is 8.96. The van der Waals surface area contributed by atoms with E-state index in [1.165, 1.54) is 4.68 Å². The summed E-state index contributed by atoms with van der Waals surface area (Å²) in [4.78, 5) is 18.1. The molecule has 5 aromatic rings. The van der Waals surface area contributed by atoms with Crippen LogP contribution in [0.2, 0.25) is 0 Å². The van der Waals surface area contributed by atoms with Crippen molar-refractivity contribution < 1.29 is 4.74 Å². The third-order valence-corrected chi connectivity index (χ3v) is 5.30. The Kier molecular flexibility index (Phi) is 5.55. The highest BCUT2D eigenvalue weighted by Crippen LogP contribution is 2.20. The van der Waals surface area contributed by atoms with Crippen molar-refractivity contribution in [3.8, 4) is 22.8 Å². The first-order chi connectivity index (χ1) is 16.2. The Morgan fingerprint density at radius 3 is 2.45 bits per heavy atom. The zero-order valence-electron chi connectivity index (χ0n) is 18.1. The van der Waals surface area contributed by atoms with Gasteiger partial charge in [0.2, 0.25) is 0 Å². The van der Waals surface area contributed by atoms with Gasteiger partial charge in [0.15, 0.2) is 5.82 Å². The van der Waals surface area contributed by atoms with Gasteiger partial charge in [-0.1, -0.05) is 42.5 Å². The predicted molar refractivity (Wildman–Crippen MR) is 131 cm³/mol. The summed E-state index contributed by atoms with van der Waals surface area (Å²) in [6.45, 7) is 2.58. The van der Waals surface area contributed by atoms with E-state index in [4.69, 9.17) is 9.72 Å². The molecule has 6 heteroatoms. The molecule has 0 fully saturated rings. The van der Waals surface area contributed by atoms with Crippen LogP contribution in [-0.4, -0.2) is 27.0 Å². The maximum Gasteiger partial charge on any atom is 0.282 e. The summed E-state index contributed by atoms with van der Waals surface area (Å²) in [7, 11) is 0. The smallest absolute Gasteiger partial charge is 0.282 e. The summed E-state index contributed by atoms with van der Waals surface area (Å²) in [5.41, 5.74) is 3.05. The average Bonchev–Trinajstić information content (AvgIpc) is 3.33. The standard InChI is InChI=1S/C27H22N4O2/c1-2-33-23-16-14-21(15-17-23)30-18-8-11-22(30)19-28-31-26(20-9-4-3-5-10-20)29-25-13-7-6-12-24(25)27(31)32/h3-19H,2H2,1H3. The predicted octanol–water partition coefficient (Wildman–Crippen LogP) is 5.14. The van der Waals surface area contributed by atoms with Gasteiger partial charge in [0.1, 0.15) is 5.75 Å². The van der Waals surface area contributed by atoms with Crippen LogP contribution in [0.4, 0.5) is 0 Å². The van der Waals surface area contributed by atoms with Crippen LogP contribution >= 0.6 is 0 Å². The number of nitrogens with zero attached hydrogens (tertiary/aromatic N) is 4. The lowest BCUT2D eigenvalue weighted by Gasteiger charge is -2.10. The Balaban J connectivity index is 1.59. The highest BCUT2D eigenvalue weighted by Gasteiger charge is 2.12. The van der Waals surface area contributed by atoms with Gasteiger partial charge in [-0.3, -0.25) is 4.79 Å². The summed E-state index contributed by atoms with van der Waals surface area (Å²) < 4.78 is 8.91. The van der Waals surface area contributed by atoms with Crippen LogP contribution in [-0.2, 0) is 0 Å². The molecule has 0 amide bonds. The zero-order chi connectivity index (χ0) is 22.6. The van der Waals surface area contributed by atoms with E-state index in [9.17, 15) is 4.79 Å². The molecule has 0 bridgehead atoms. The van der Waals surface area contributed by atoms with Crippen LogP contribution in [0.3, 0.4) is 0 Å². The van der Waals surface area contributed by atoms with Crippen molar-refractivity contribution in [1.82, 2.24) is 14.2 Å². The molecule has 2 aromatic heterocycles. The molecule has 0 aliphatic heterocycles. The molecule has 6 nitrogen and oxygen atoms in total. The lowest BCUT2D eigenvalue weighted by Crippen LogP contribution is -2.20. The Labute approximate surface area is 191 Å². The molecule has 5 rings (SSSR count). The topological polar surface area (TPSA) is 61.4 Å². The molecule has 3 aromatic carbocycles. The van der Waals surface area contributed by atoms with Crippen molar-refractivity contribution >= 4 is 17.1 Å². The van der Waals surface area contributed by atoms with Gasteiger partial charge in [-0.2, -0.15) is 9.78 Å². The molecule has 0 aliphatic carbocycles. The first-order valence-corrected chi connectivity index (χ1v) is 10.8. The molecule has 0 spiro atoms. The lowest BCUT2D eigenvalue weighted by molar-refractivity contribution is 0.340. The van der Waals surface area contributed by atoms with Gasteiger partial charge in [0, 0.05) is 17.4 Å². The largest absolute Gasteiger partial charge is 0.494 e. The normalized spacial score (nSPS) is 11.3. The Bertz CT molecular complexity index is 1480. The van der Waals surface area contributed by atoms with Crippen molar-refractivity contribution in [2.75, 3.05) is 6.61 Å². The maximum absolute atomic E-state index is 13.3. The average molecular weight is 434 g/mol. The van der Waals surface area contributed by atoms with E-state index in [2.05, 4.69) is 5.10 Å². The van der Waals surface area contributed by atoms with Crippen molar-refractivity contribution in [1.29, 1.82) is 0 Å². The number of aromatic nitrogens is 3. The molecule has 33 heavy (non-hydrogen) atoms. The van der Waals surface area contributed by atoms with Crippen molar-refractivity contribution in [3.05, 3.63) is 113 Å². The van der Waals surface area contributed by atoms with E-state index >= 15 is 0 Å². The van der Waals surface area contributed by atoms with Crippen molar-refractivity contribution in [3.63, 3.8) is 0 Å². The van der Waals surface area contributed by atoms with Crippen LogP contribution < -0.4 is 10.3 Å². The Morgan fingerprint density at radius 1 is 0.909 bits per heavy atom. The molecule has 0 saturated carbocycles. The minimum Gasteiger partial charge on any atom is -0.494 e. The van der Waals surface area contributed by atoms with Crippen molar-refractivity contribution in [2.24, 2.45) is 5.10 Å². The molecule has 0 unspecified atom stereocenters. The minimum absolute atomic E-state index is 0.213. The van der Waals surface area contributed by atoms with Gasteiger partial charge in [-0.25, -0.2) is 4.98 Å². The van der Waals surface area contributed by atoms with Gasteiger partial charge >= 0.3 is 0 Å². The van der Waals surface area contributed by atoms with Gasteiger partial charge in [-0.05, 0) is 55.5 Å². The summed E-state index contributed by atoms with van der Waals surface area (Å²) in [6.07, 6.45) is 3.64. The zero-order valence-corrected chi connectivity index (χ0v) is 18.1. The first-order valence-electron chi connectivity index (χ1n) is 10.8. The van der Waals surface area contributed by atoms with E-state index in [-0.39, 0.29) is 5.56 Å². The maximum atomic E-state index is 13.3. The molecular weight excluding hydrogens is 412 g/mol. The fraction of sp³-hybridized carbons (Fsp3) is 0.0741. The molecular formula is C27H22N4O2. The number of benzene rings is 3. The van der Waals surface area contributed by atoms with Crippen LogP contribution in [0, 0.1) is 0 Å². The van der Waals surface area contributed by atoms with Crippen LogP contribution in [0.15, 0.2) is 107 Å². The number of hydrogen-bond acceptors (Lipinski definition) is 4. The van der Waals surface area contributed by atoms with E-state index < -0.39 is 0 Å². The molecule has 0 aliphatic rings. The SMILES string of the molecule is CCOc1ccc(-n2cccc2C=Nn2c(-c3ccccc3)nc3ccccc3c2=O)cc1. The van der Waals surface area contributed by atoms with Gasteiger partial charge < -0.3 is 9.30 Å². The molecule has 0 atom stereocenters. The van der Waals surface area contributed by atoms with Crippen LogP contribution in [0.1, 0.15) is 12.6 Å². The second-order valence-corrected chi connectivity index (χ2v) is 7.41. The number of ether oxygens (including phenoxy) is 1.